The molecule has 18 heavy (non-hydrogen) atoms. The highest BCUT2D eigenvalue weighted by Crippen LogP contribution is 2.36. The van der Waals surface area contributed by atoms with Gasteiger partial charge in [0.2, 0.25) is 0 Å². The summed E-state index contributed by atoms with van der Waals surface area (Å²) in [4.78, 5) is 0. The lowest BCUT2D eigenvalue weighted by Gasteiger charge is -2.11. The molecule has 0 spiro atoms. The summed E-state index contributed by atoms with van der Waals surface area (Å²) < 4.78 is 2.02. The molecule has 1 atom stereocenters. The number of hydrogen-bond acceptors (Lipinski definition) is 2. The van der Waals surface area contributed by atoms with Crippen molar-refractivity contribution in [3.8, 4) is 0 Å². The summed E-state index contributed by atoms with van der Waals surface area (Å²) in [6.45, 7) is 4.20. The van der Waals surface area contributed by atoms with Gasteiger partial charge in [-0.3, -0.25) is 0 Å². The SMILES string of the molecule is Cc1ccc(CC(O)c2cc(Br)sc2Br)cc1C. The highest BCUT2D eigenvalue weighted by atomic mass is 79.9. The van der Waals surface area contributed by atoms with E-state index in [1.807, 2.05) is 6.07 Å². The summed E-state index contributed by atoms with van der Waals surface area (Å²) in [5.41, 5.74) is 4.67. The van der Waals surface area contributed by atoms with Gasteiger partial charge in [0, 0.05) is 12.0 Å². The lowest BCUT2D eigenvalue weighted by atomic mass is 10.00. The predicted octanol–water partition coefficient (Wildman–Crippen LogP) is 5.17. The highest BCUT2D eigenvalue weighted by molar-refractivity contribution is 9.12. The number of rotatable bonds is 3. The summed E-state index contributed by atoms with van der Waals surface area (Å²) in [5.74, 6) is 0. The van der Waals surface area contributed by atoms with Crippen LogP contribution in [0.15, 0.2) is 31.8 Å². The van der Waals surface area contributed by atoms with Crippen molar-refractivity contribution in [3.63, 3.8) is 0 Å². The number of hydrogen-bond donors (Lipinski definition) is 1. The Kier molecular flexibility index (Phi) is 4.64. The Hall–Kier alpha value is -0.160. The maximum Gasteiger partial charge on any atom is 0.0849 e. The van der Waals surface area contributed by atoms with Gasteiger partial charge in [0.25, 0.3) is 0 Å². The van der Waals surface area contributed by atoms with Crippen molar-refractivity contribution in [2.24, 2.45) is 0 Å². The number of aliphatic hydroxyl groups excluding tert-OH is 1. The van der Waals surface area contributed by atoms with Gasteiger partial charge < -0.3 is 5.11 Å². The van der Waals surface area contributed by atoms with Gasteiger partial charge in [0.1, 0.15) is 0 Å². The molecule has 0 saturated heterocycles. The van der Waals surface area contributed by atoms with Gasteiger partial charge in [-0.2, -0.15) is 0 Å². The number of aryl methyl sites for hydroxylation is 2. The Bertz CT molecular complexity index is 563. The molecule has 0 bridgehead atoms. The molecule has 0 fully saturated rings. The van der Waals surface area contributed by atoms with E-state index in [1.54, 1.807) is 11.3 Å². The maximum atomic E-state index is 10.3. The minimum absolute atomic E-state index is 0.468. The second-order valence-electron chi connectivity index (χ2n) is 4.42. The minimum Gasteiger partial charge on any atom is -0.388 e. The lowest BCUT2D eigenvalue weighted by Crippen LogP contribution is -2.01. The monoisotopic (exact) mass is 388 g/mol. The van der Waals surface area contributed by atoms with Crippen LogP contribution in [0.4, 0.5) is 0 Å². The van der Waals surface area contributed by atoms with Crippen LogP contribution < -0.4 is 0 Å². The van der Waals surface area contributed by atoms with Crippen LogP contribution in [0.25, 0.3) is 0 Å². The molecule has 96 valence electrons. The molecule has 4 heteroatoms. The van der Waals surface area contributed by atoms with Crippen molar-refractivity contribution in [2.45, 2.75) is 26.4 Å². The van der Waals surface area contributed by atoms with Crippen LogP contribution in [0.5, 0.6) is 0 Å². The smallest absolute Gasteiger partial charge is 0.0849 e. The summed E-state index contributed by atoms with van der Waals surface area (Å²) in [5, 5.41) is 10.3. The van der Waals surface area contributed by atoms with E-state index >= 15 is 0 Å². The van der Waals surface area contributed by atoms with Crippen molar-refractivity contribution in [1.29, 1.82) is 0 Å². The van der Waals surface area contributed by atoms with Gasteiger partial charge in [0.15, 0.2) is 0 Å². The third-order valence-corrected chi connectivity index (χ3v) is 5.43. The van der Waals surface area contributed by atoms with E-state index in [9.17, 15) is 5.11 Å². The average molecular weight is 390 g/mol. The summed E-state index contributed by atoms with van der Waals surface area (Å²) in [7, 11) is 0. The van der Waals surface area contributed by atoms with E-state index < -0.39 is 6.10 Å². The molecular formula is C14H14Br2OS. The first-order valence-electron chi connectivity index (χ1n) is 5.66. The van der Waals surface area contributed by atoms with Crippen molar-refractivity contribution >= 4 is 43.2 Å². The molecule has 1 nitrogen and oxygen atoms in total. The molecular weight excluding hydrogens is 376 g/mol. The molecule has 0 amide bonds. The molecule has 1 aromatic carbocycles. The molecule has 2 rings (SSSR count). The zero-order chi connectivity index (χ0) is 13.3. The molecule has 2 aromatic rings. The minimum atomic E-state index is -0.468. The van der Waals surface area contributed by atoms with Crippen LogP contribution >= 0.6 is 43.2 Å². The fraction of sp³-hybridized carbons (Fsp3) is 0.286. The van der Waals surface area contributed by atoms with E-state index in [0.717, 1.165) is 13.1 Å². The molecule has 0 radical (unpaired) electrons. The lowest BCUT2D eigenvalue weighted by molar-refractivity contribution is 0.178. The normalized spacial score (nSPS) is 12.7. The van der Waals surface area contributed by atoms with Gasteiger partial charge in [-0.15, -0.1) is 11.3 Å². The largest absolute Gasteiger partial charge is 0.388 e. The first-order chi connectivity index (χ1) is 8.47. The first kappa shape index (κ1) is 14.3. The summed E-state index contributed by atoms with van der Waals surface area (Å²) >= 11 is 8.51. The van der Waals surface area contributed by atoms with Gasteiger partial charge in [-0.05, 0) is 68.5 Å². The Balaban J connectivity index is 2.18. The van der Waals surface area contributed by atoms with Crippen molar-refractivity contribution in [2.75, 3.05) is 0 Å². The number of benzene rings is 1. The van der Waals surface area contributed by atoms with E-state index in [4.69, 9.17) is 0 Å². The van der Waals surface area contributed by atoms with E-state index in [-0.39, 0.29) is 0 Å². The quantitative estimate of drug-likeness (QED) is 0.767. The molecule has 0 aliphatic heterocycles. The first-order valence-corrected chi connectivity index (χ1v) is 8.06. The number of thiophene rings is 1. The molecule has 1 unspecified atom stereocenters. The number of halogens is 2. The second kappa shape index (κ2) is 5.87. The fourth-order valence-electron chi connectivity index (χ4n) is 1.84. The molecule has 0 saturated carbocycles. The standard InChI is InChI=1S/C14H14Br2OS/c1-8-3-4-10(5-9(8)2)6-12(17)11-7-13(15)18-14(11)16/h3-5,7,12,17H,6H2,1-2H3. The van der Waals surface area contributed by atoms with Crippen LogP contribution in [-0.4, -0.2) is 5.11 Å². The Morgan fingerprint density at radius 1 is 1.17 bits per heavy atom. The van der Waals surface area contributed by atoms with Crippen molar-refractivity contribution in [1.82, 2.24) is 0 Å². The third-order valence-electron chi connectivity index (χ3n) is 3.04. The Labute approximate surface area is 128 Å². The fourth-order valence-corrected chi connectivity index (χ4v) is 4.80. The highest BCUT2D eigenvalue weighted by Gasteiger charge is 2.15. The van der Waals surface area contributed by atoms with Crippen molar-refractivity contribution < 1.29 is 5.11 Å². The van der Waals surface area contributed by atoms with Crippen LogP contribution in [0.2, 0.25) is 0 Å². The molecule has 1 N–H and O–H groups in total. The second-order valence-corrected chi connectivity index (χ2v) is 8.17. The maximum absolute atomic E-state index is 10.3. The zero-order valence-corrected chi connectivity index (χ0v) is 14.2. The molecule has 1 heterocycles. The molecule has 0 aliphatic rings. The third kappa shape index (κ3) is 3.23. The summed E-state index contributed by atoms with van der Waals surface area (Å²) in [6, 6.07) is 8.31. The summed E-state index contributed by atoms with van der Waals surface area (Å²) in [6.07, 6.45) is 0.173. The van der Waals surface area contributed by atoms with E-state index in [2.05, 4.69) is 63.9 Å². The topological polar surface area (TPSA) is 20.2 Å². The zero-order valence-electron chi connectivity index (χ0n) is 10.2. The Morgan fingerprint density at radius 2 is 1.89 bits per heavy atom. The van der Waals surface area contributed by atoms with Crippen molar-refractivity contribution in [3.05, 3.63) is 54.1 Å². The van der Waals surface area contributed by atoms with Crippen LogP contribution in [-0.2, 0) is 6.42 Å². The van der Waals surface area contributed by atoms with E-state index in [1.165, 1.54) is 16.7 Å². The molecule has 1 aromatic heterocycles. The van der Waals surface area contributed by atoms with Crippen LogP contribution in [0.1, 0.15) is 28.4 Å². The van der Waals surface area contributed by atoms with E-state index in [0.29, 0.717) is 6.42 Å². The Morgan fingerprint density at radius 3 is 2.44 bits per heavy atom. The van der Waals surface area contributed by atoms with Gasteiger partial charge in [-0.25, -0.2) is 0 Å². The number of aliphatic hydroxyl groups is 1. The predicted molar refractivity (Wildman–Crippen MR) is 84.3 cm³/mol. The molecule has 0 aliphatic carbocycles. The van der Waals surface area contributed by atoms with Gasteiger partial charge in [0.05, 0.1) is 13.7 Å². The van der Waals surface area contributed by atoms with Crippen LogP contribution in [0.3, 0.4) is 0 Å². The van der Waals surface area contributed by atoms with Gasteiger partial charge >= 0.3 is 0 Å². The average Bonchev–Trinajstić information content (AvgIpc) is 2.63. The van der Waals surface area contributed by atoms with Crippen LogP contribution in [0, 0.1) is 13.8 Å². The van der Waals surface area contributed by atoms with Gasteiger partial charge in [-0.1, -0.05) is 18.2 Å².